The maximum Gasteiger partial charge on any atom is 0.490 e. The Bertz CT molecular complexity index is 1200. The normalized spacial score (nSPS) is 22.7. The highest BCUT2D eigenvalue weighted by Gasteiger charge is 2.50. The lowest BCUT2D eigenvalue weighted by Crippen LogP contribution is -2.52. The molecule has 2 aliphatic rings. The minimum Gasteiger partial charge on any atom is -0.493 e. The predicted molar refractivity (Wildman–Crippen MR) is 145 cm³/mol. The van der Waals surface area contributed by atoms with Gasteiger partial charge in [0.25, 0.3) is 0 Å². The van der Waals surface area contributed by atoms with Crippen molar-refractivity contribution in [3.63, 3.8) is 0 Å². The monoisotopic (exact) mass is 635 g/mol. The van der Waals surface area contributed by atoms with Crippen molar-refractivity contribution in [3.8, 4) is 11.5 Å². The van der Waals surface area contributed by atoms with Crippen LogP contribution >= 0.6 is 27.5 Å². The SMILES string of the molecule is COc1ccc(C23CCC(NC(=O)Nc4ccc(Br)cc4Cl)CC2N(C)CC3)cc1OC.O=C(O)C(F)(F)F. The molecular weight excluding hydrogens is 607 g/mol. The summed E-state index contributed by atoms with van der Waals surface area (Å²) >= 11 is 9.63. The van der Waals surface area contributed by atoms with Crippen LogP contribution in [0.2, 0.25) is 5.02 Å². The van der Waals surface area contributed by atoms with Gasteiger partial charge in [-0.25, -0.2) is 9.59 Å². The highest BCUT2D eigenvalue weighted by Crippen LogP contribution is 2.49. The summed E-state index contributed by atoms with van der Waals surface area (Å²) in [6.45, 7) is 1.03. The number of nitrogens with one attached hydrogen (secondary N) is 2. The number of methoxy groups -OCH3 is 2. The van der Waals surface area contributed by atoms with Gasteiger partial charge < -0.3 is 30.1 Å². The average Bonchev–Trinajstić information content (AvgIpc) is 3.22. The van der Waals surface area contributed by atoms with E-state index in [0.717, 1.165) is 48.2 Å². The Labute approximate surface area is 237 Å². The number of ether oxygens (including phenoxy) is 2. The number of nitrogens with zero attached hydrogens (tertiary/aromatic N) is 1. The summed E-state index contributed by atoms with van der Waals surface area (Å²) in [5, 5.41) is 13.7. The van der Waals surface area contributed by atoms with Crippen LogP contribution in [0.4, 0.5) is 23.7 Å². The van der Waals surface area contributed by atoms with E-state index in [2.05, 4.69) is 50.6 Å². The molecule has 1 aliphatic heterocycles. The minimum atomic E-state index is -5.08. The zero-order valence-corrected chi connectivity index (χ0v) is 23.9. The van der Waals surface area contributed by atoms with Crippen molar-refractivity contribution in [1.29, 1.82) is 0 Å². The first-order valence-electron chi connectivity index (χ1n) is 12.1. The van der Waals surface area contributed by atoms with Gasteiger partial charge in [-0.2, -0.15) is 13.2 Å². The maximum atomic E-state index is 12.7. The number of alkyl halides is 3. The molecule has 3 N–H and O–H groups in total. The molecule has 214 valence electrons. The molecule has 0 bridgehead atoms. The molecule has 2 fully saturated rings. The number of amides is 2. The predicted octanol–water partition coefficient (Wildman–Crippen LogP) is 6.07. The van der Waals surface area contributed by atoms with Crippen molar-refractivity contribution < 1.29 is 37.3 Å². The second-order valence-corrected chi connectivity index (χ2v) is 10.8. The Morgan fingerprint density at radius 3 is 2.38 bits per heavy atom. The largest absolute Gasteiger partial charge is 0.493 e. The Balaban J connectivity index is 0.000000532. The second kappa shape index (κ2) is 12.6. The van der Waals surface area contributed by atoms with Gasteiger partial charge in [0.05, 0.1) is 24.9 Å². The van der Waals surface area contributed by atoms with Gasteiger partial charge >= 0.3 is 18.2 Å². The Kier molecular flexibility index (Phi) is 10.0. The molecule has 8 nitrogen and oxygen atoms in total. The summed E-state index contributed by atoms with van der Waals surface area (Å²) in [5.41, 5.74) is 1.94. The molecule has 39 heavy (non-hydrogen) atoms. The molecule has 13 heteroatoms. The summed E-state index contributed by atoms with van der Waals surface area (Å²) in [5.74, 6) is -1.25. The number of halogens is 5. The number of fused-ring (bicyclic) bond motifs is 1. The van der Waals surface area contributed by atoms with Gasteiger partial charge in [-0.05, 0) is 75.2 Å². The number of hydrogen-bond acceptors (Lipinski definition) is 5. The van der Waals surface area contributed by atoms with E-state index in [-0.39, 0.29) is 17.5 Å². The number of urea groups is 1. The van der Waals surface area contributed by atoms with Crippen molar-refractivity contribution >= 4 is 45.2 Å². The van der Waals surface area contributed by atoms with Crippen LogP contribution in [0.15, 0.2) is 40.9 Å². The van der Waals surface area contributed by atoms with Crippen LogP contribution < -0.4 is 20.1 Å². The van der Waals surface area contributed by atoms with Crippen molar-refractivity contribution in [2.45, 2.75) is 49.4 Å². The number of aliphatic carboxylic acids is 1. The van der Waals surface area contributed by atoms with E-state index in [4.69, 9.17) is 31.0 Å². The minimum absolute atomic E-state index is 0.0535. The van der Waals surface area contributed by atoms with Crippen molar-refractivity contribution in [2.24, 2.45) is 0 Å². The molecule has 3 atom stereocenters. The van der Waals surface area contributed by atoms with Gasteiger partial charge in [0.15, 0.2) is 11.5 Å². The van der Waals surface area contributed by atoms with Crippen LogP contribution in [0.25, 0.3) is 0 Å². The number of likely N-dealkylation sites (tertiary alicyclic amines) is 1. The van der Waals surface area contributed by atoms with E-state index in [0.29, 0.717) is 16.8 Å². The van der Waals surface area contributed by atoms with E-state index in [1.54, 1.807) is 26.4 Å². The number of carboxylic acid groups (broad SMARTS) is 1. The number of rotatable bonds is 5. The van der Waals surface area contributed by atoms with Crippen molar-refractivity contribution in [1.82, 2.24) is 10.2 Å². The van der Waals surface area contributed by atoms with Crippen LogP contribution in [0.5, 0.6) is 11.5 Å². The Hall–Kier alpha value is -2.70. The standard InChI is InChI=1S/C24H29BrClN3O3.C2HF3O2/c1-29-11-10-24(15-4-7-20(31-2)21(12-15)32-3)9-8-17(14-22(24)29)27-23(30)28-19-6-5-16(25)13-18(19)26;3-2(4,5)1(6)7/h4-7,12-13,17,22H,8-11,14H2,1-3H3,(H2,27,28,30);(H,6,7). The highest BCUT2D eigenvalue weighted by atomic mass is 79.9. The first-order valence-corrected chi connectivity index (χ1v) is 13.2. The smallest absolute Gasteiger partial charge is 0.490 e. The number of likely N-dealkylation sites (N-methyl/N-ethyl adjacent to an activating group) is 1. The van der Waals surface area contributed by atoms with Gasteiger partial charge in [0.2, 0.25) is 0 Å². The summed E-state index contributed by atoms with van der Waals surface area (Å²) in [7, 11) is 5.51. The Morgan fingerprint density at radius 1 is 1.13 bits per heavy atom. The summed E-state index contributed by atoms with van der Waals surface area (Å²) in [6.07, 6.45) is -1.18. The third-order valence-corrected chi connectivity index (χ3v) is 8.05. The molecule has 1 saturated heterocycles. The molecule has 0 radical (unpaired) electrons. The average molecular weight is 637 g/mol. The van der Waals surface area contributed by atoms with E-state index < -0.39 is 12.1 Å². The van der Waals surface area contributed by atoms with Crippen LogP contribution in [0.3, 0.4) is 0 Å². The number of carbonyl (C=O) groups excluding carboxylic acids is 1. The lowest BCUT2D eigenvalue weighted by Gasteiger charge is -2.45. The van der Waals surface area contributed by atoms with Gasteiger partial charge in [-0.3, -0.25) is 0 Å². The molecule has 1 aliphatic carbocycles. The second-order valence-electron chi connectivity index (χ2n) is 9.47. The van der Waals surface area contributed by atoms with Crippen molar-refractivity contribution in [3.05, 3.63) is 51.5 Å². The molecular formula is C26H30BrClF3N3O5. The summed E-state index contributed by atoms with van der Waals surface area (Å²) in [4.78, 5) is 24.0. The topological polar surface area (TPSA) is 100 Å². The molecule has 1 heterocycles. The molecule has 2 amide bonds. The van der Waals surface area contributed by atoms with E-state index in [1.807, 2.05) is 12.1 Å². The lowest BCUT2D eigenvalue weighted by atomic mass is 9.65. The summed E-state index contributed by atoms with van der Waals surface area (Å²) < 4.78 is 43.6. The quantitative estimate of drug-likeness (QED) is 0.369. The van der Waals surface area contributed by atoms with Gasteiger partial charge in [-0.1, -0.05) is 33.6 Å². The number of hydrogen-bond donors (Lipinski definition) is 3. The summed E-state index contributed by atoms with van der Waals surface area (Å²) in [6, 6.07) is 11.9. The number of benzene rings is 2. The van der Waals surface area contributed by atoms with E-state index in [1.165, 1.54) is 5.56 Å². The van der Waals surface area contributed by atoms with Gasteiger partial charge in [0, 0.05) is 22.0 Å². The third-order valence-electron chi connectivity index (χ3n) is 7.24. The first kappa shape index (κ1) is 30.8. The Morgan fingerprint density at radius 2 is 1.79 bits per heavy atom. The fourth-order valence-corrected chi connectivity index (χ4v) is 6.05. The van der Waals surface area contributed by atoms with Gasteiger partial charge in [0.1, 0.15) is 0 Å². The lowest BCUT2D eigenvalue weighted by molar-refractivity contribution is -0.192. The molecule has 0 spiro atoms. The van der Waals surface area contributed by atoms with Crippen LogP contribution in [-0.4, -0.2) is 68.1 Å². The van der Waals surface area contributed by atoms with E-state index >= 15 is 0 Å². The molecule has 3 unspecified atom stereocenters. The van der Waals surface area contributed by atoms with Gasteiger partial charge in [-0.15, -0.1) is 0 Å². The molecule has 0 aromatic heterocycles. The van der Waals surface area contributed by atoms with Crippen LogP contribution in [0.1, 0.15) is 31.2 Å². The van der Waals surface area contributed by atoms with Crippen LogP contribution in [0, 0.1) is 0 Å². The number of carbonyl (C=O) groups is 2. The molecule has 2 aromatic rings. The fourth-order valence-electron chi connectivity index (χ4n) is 5.33. The number of carboxylic acids is 1. The zero-order valence-electron chi connectivity index (χ0n) is 21.6. The van der Waals surface area contributed by atoms with Crippen molar-refractivity contribution in [2.75, 3.05) is 33.1 Å². The number of anilines is 1. The third kappa shape index (κ3) is 7.29. The van der Waals surface area contributed by atoms with Crippen LogP contribution in [-0.2, 0) is 10.2 Å². The first-order chi connectivity index (χ1) is 18.3. The maximum absolute atomic E-state index is 12.7. The molecule has 2 aromatic carbocycles. The molecule has 1 saturated carbocycles. The van der Waals surface area contributed by atoms with E-state index in [9.17, 15) is 18.0 Å². The highest BCUT2D eigenvalue weighted by molar-refractivity contribution is 9.10. The molecule has 4 rings (SSSR count). The zero-order chi connectivity index (χ0) is 29.0. The fraction of sp³-hybridized carbons (Fsp3) is 0.462.